The van der Waals surface area contributed by atoms with Gasteiger partial charge in [0.1, 0.15) is 0 Å². The SMILES string of the molecule is CCc1c(Sc2cc(C)cc(C)c2)n(Cc2ccc3c(c2)C(=O)c2ccccc2C3=O)c(=O)[nH]c1=O. The van der Waals surface area contributed by atoms with E-state index in [2.05, 4.69) is 11.1 Å². The minimum Gasteiger partial charge on any atom is -0.289 e. The molecule has 0 saturated carbocycles. The van der Waals surface area contributed by atoms with Crippen LogP contribution in [0.5, 0.6) is 0 Å². The fourth-order valence-corrected chi connectivity index (χ4v) is 6.03. The van der Waals surface area contributed by atoms with Crippen molar-refractivity contribution in [2.75, 3.05) is 0 Å². The van der Waals surface area contributed by atoms with Gasteiger partial charge in [0.05, 0.1) is 11.6 Å². The molecule has 1 heterocycles. The number of rotatable bonds is 5. The van der Waals surface area contributed by atoms with Gasteiger partial charge < -0.3 is 0 Å². The molecule has 1 aromatic heterocycles. The van der Waals surface area contributed by atoms with Crippen molar-refractivity contribution in [2.24, 2.45) is 0 Å². The maximum absolute atomic E-state index is 13.2. The van der Waals surface area contributed by atoms with Gasteiger partial charge in [-0.05, 0) is 61.2 Å². The lowest BCUT2D eigenvalue weighted by molar-refractivity contribution is 0.0979. The van der Waals surface area contributed by atoms with Crippen LogP contribution in [0.25, 0.3) is 0 Å². The number of aryl methyl sites for hydroxylation is 2. The minimum absolute atomic E-state index is 0.145. The Morgan fingerprint density at radius 1 is 0.778 bits per heavy atom. The number of ketones is 2. The molecule has 0 fully saturated rings. The number of carbonyl (C=O) groups excluding carboxylic acids is 2. The number of carbonyl (C=O) groups is 2. The highest BCUT2D eigenvalue weighted by atomic mass is 32.2. The van der Waals surface area contributed by atoms with Crippen molar-refractivity contribution in [2.45, 2.75) is 43.7 Å². The molecule has 1 aliphatic carbocycles. The molecule has 0 saturated heterocycles. The van der Waals surface area contributed by atoms with Crippen LogP contribution in [-0.2, 0) is 13.0 Å². The molecular weight excluding hydrogens is 472 g/mol. The van der Waals surface area contributed by atoms with Crippen LogP contribution in [0, 0.1) is 13.8 Å². The maximum atomic E-state index is 13.2. The van der Waals surface area contributed by atoms with Crippen molar-refractivity contribution in [3.63, 3.8) is 0 Å². The van der Waals surface area contributed by atoms with E-state index in [9.17, 15) is 19.2 Å². The molecule has 0 spiro atoms. The number of aromatic nitrogens is 2. The summed E-state index contributed by atoms with van der Waals surface area (Å²) >= 11 is 1.38. The molecule has 0 bridgehead atoms. The van der Waals surface area contributed by atoms with Gasteiger partial charge >= 0.3 is 5.69 Å². The third-order valence-corrected chi connectivity index (χ3v) is 7.47. The molecule has 6 nitrogen and oxygen atoms in total. The second-order valence-electron chi connectivity index (χ2n) is 8.99. The van der Waals surface area contributed by atoms with Gasteiger partial charge in [0.15, 0.2) is 11.6 Å². The average molecular weight is 497 g/mol. The van der Waals surface area contributed by atoms with Crippen LogP contribution >= 0.6 is 11.8 Å². The van der Waals surface area contributed by atoms with Crippen molar-refractivity contribution in [3.05, 3.63) is 126 Å². The number of hydrogen-bond acceptors (Lipinski definition) is 5. The molecule has 0 radical (unpaired) electrons. The van der Waals surface area contributed by atoms with Gasteiger partial charge in [-0.3, -0.25) is 23.9 Å². The topological polar surface area (TPSA) is 89.0 Å². The van der Waals surface area contributed by atoms with Crippen LogP contribution in [0.1, 0.15) is 61.0 Å². The number of nitrogens with zero attached hydrogens (tertiary/aromatic N) is 1. The molecule has 5 rings (SSSR count). The summed E-state index contributed by atoms with van der Waals surface area (Å²) in [7, 11) is 0. The molecule has 3 aromatic carbocycles. The third-order valence-electron chi connectivity index (χ3n) is 6.34. The van der Waals surface area contributed by atoms with E-state index in [4.69, 9.17) is 0 Å². The lowest BCUT2D eigenvalue weighted by Gasteiger charge is -2.19. The van der Waals surface area contributed by atoms with Crippen LogP contribution in [-0.4, -0.2) is 21.1 Å². The molecule has 1 aliphatic rings. The molecule has 1 N–H and O–H groups in total. The average Bonchev–Trinajstić information content (AvgIpc) is 2.84. The molecule has 7 heteroatoms. The number of H-pyrrole nitrogens is 1. The highest BCUT2D eigenvalue weighted by molar-refractivity contribution is 7.99. The predicted octanol–water partition coefficient (Wildman–Crippen LogP) is 4.69. The second kappa shape index (κ2) is 9.24. The first kappa shape index (κ1) is 23.8. The molecule has 0 aliphatic heterocycles. The maximum Gasteiger partial charge on any atom is 0.329 e. The summed E-state index contributed by atoms with van der Waals surface area (Å²) in [5.41, 5.74) is 3.95. The largest absolute Gasteiger partial charge is 0.329 e. The summed E-state index contributed by atoms with van der Waals surface area (Å²) in [4.78, 5) is 55.1. The second-order valence-corrected chi connectivity index (χ2v) is 10.1. The van der Waals surface area contributed by atoms with Crippen LogP contribution < -0.4 is 11.2 Å². The molecule has 36 heavy (non-hydrogen) atoms. The molecular formula is C29H24N2O4S. The van der Waals surface area contributed by atoms with Gasteiger partial charge in [-0.2, -0.15) is 0 Å². The summed E-state index contributed by atoms with van der Waals surface area (Å²) < 4.78 is 1.54. The third kappa shape index (κ3) is 4.16. The summed E-state index contributed by atoms with van der Waals surface area (Å²) in [6.45, 7) is 6.04. The first-order valence-electron chi connectivity index (χ1n) is 11.7. The Hall–Kier alpha value is -3.97. The Bertz CT molecular complexity index is 1660. The number of benzene rings is 3. The fourth-order valence-electron chi connectivity index (χ4n) is 4.70. The molecule has 4 aromatic rings. The predicted molar refractivity (Wildman–Crippen MR) is 140 cm³/mol. The first-order chi connectivity index (χ1) is 17.3. The highest BCUT2D eigenvalue weighted by Gasteiger charge is 2.29. The van der Waals surface area contributed by atoms with Crippen molar-refractivity contribution in [3.8, 4) is 0 Å². The van der Waals surface area contributed by atoms with E-state index in [0.29, 0.717) is 44.8 Å². The number of hydrogen-bond donors (Lipinski definition) is 1. The smallest absolute Gasteiger partial charge is 0.289 e. The van der Waals surface area contributed by atoms with Crippen molar-refractivity contribution < 1.29 is 9.59 Å². The highest BCUT2D eigenvalue weighted by Crippen LogP contribution is 2.32. The monoisotopic (exact) mass is 496 g/mol. The molecule has 0 atom stereocenters. The Labute approximate surface area is 212 Å². The number of nitrogens with one attached hydrogen (secondary N) is 1. The van der Waals surface area contributed by atoms with Crippen molar-refractivity contribution in [1.82, 2.24) is 9.55 Å². The van der Waals surface area contributed by atoms with E-state index < -0.39 is 11.2 Å². The van der Waals surface area contributed by atoms with E-state index in [1.807, 2.05) is 32.9 Å². The van der Waals surface area contributed by atoms with Crippen molar-refractivity contribution >= 4 is 23.3 Å². The summed E-state index contributed by atoms with van der Waals surface area (Å²) in [5, 5.41) is 0.571. The Balaban J connectivity index is 1.60. The Morgan fingerprint density at radius 2 is 1.39 bits per heavy atom. The summed E-state index contributed by atoms with van der Waals surface area (Å²) in [5.74, 6) is -0.401. The molecule has 180 valence electrons. The zero-order valence-electron chi connectivity index (χ0n) is 20.2. The lowest BCUT2D eigenvalue weighted by atomic mass is 9.83. The van der Waals surface area contributed by atoms with Crippen LogP contribution in [0.3, 0.4) is 0 Å². The normalized spacial score (nSPS) is 12.4. The van der Waals surface area contributed by atoms with Gasteiger partial charge in [0.25, 0.3) is 5.56 Å². The van der Waals surface area contributed by atoms with Gasteiger partial charge in [0.2, 0.25) is 0 Å². The van der Waals surface area contributed by atoms with Crippen LogP contribution in [0.2, 0.25) is 0 Å². The molecule has 0 amide bonds. The zero-order chi connectivity index (χ0) is 25.6. The fraction of sp³-hybridized carbons (Fsp3) is 0.172. The quantitative estimate of drug-likeness (QED) is 0.357. The summed E-state index contributed by atoms with van der Waals surface area (Å²) in [6.07, 6.45) is 0.455. The van der Waals surface area contributed by atoms with E-state index in [0.717, 1.165) is 16.0 Å². The van der Waals surface area contributed by atoms with E-state index in [1.54, 1.807) is 42.5 Å². The van der Waals surface area contributed by atoms with Gasteiger partial charge in [-0.25, -0.2) is 4.79 Å². The first-order valence-corrected chi connectivity index (χ1v) is 12.5. The lowest BCUT2D eigenvalue weighted by Crippen LogP contribution is -2.34. The Morgan fingerprint density at radius 3 is 2.03 bits per heavy atom. The Kier molecular flexibility index (Phi) is 6.10. The van der Waals surface area contributed by atoms with E-state index >= 15 is 0 Å². The van der Waals surface area contributed by atoms with Crippen LogP contribution in [0.15, 0.2) is 80.2 Å². The zero-order valence-corrected chi connectivity index (χ0v) is 21.0. The number of aromatic amines is 1. The minimum atomic E-state index is -0.519. The molecule has 0 unspecified atom stereocenters. The van der Waals surface area contributed by atoms with Gasteiger partial charge in [0, 0.05) is 32.7 Å². The summed E-state index contributed by atoms with van der Waals surface area (Å²) in [6, 6.07) is 18.0. The van der Waals surface area contributed by atoms with Crippen molar-refractivity contribution in [1.29, 1.82) is 0 Å². The van der Waals surface area contributed by atoms with E-state index in [-0.39, 0.29) is 18.1 Å². The van der Waals surface area contributed by atoms with Crippen LogP contribution in [0.4, 0.5) is 0 Å². The standard InChI is InChI=1S/C29H24N2O4S/c1-4-20-27(34)30-29(35)31(28(20)36-19-12-16(2)11-17(3)13-19)15-18-9-10-23-24(14-18)26(33)22-8-6-5-7-21(22)25(23)32/h5-14H,4,15H2,1-3H3,(H,30,34,35). The van der Waals surface area contributed by atoms with Gasteiger partial charge in [-0.15, -0.1) is 0 Å². The number of fused-ring (bicyclic) bond motifs is 2. The van der Waals surface area contributed by atoms with E-state index in [1.165, 1.54) is 16.3 Å². The van der Waals surface area contributed by atoms with Gasteiger partial charge in [-0.1, -0.05) is 55.1 Å².